The van der Waals surface area contributed by atoms with Crippen LogP contribution in [-0.2, 0) is 12.0 Å². The highest BCUT2D eigenvalue weighted by Gasteiger charge is 2.46. The molecule has 2 heterocycles. The van der Waals surface area contributed by atoms with Crippen LogP contribution in [0.25, 0.3) is 10.9 Å². The van der Waals surface area contributed by atoms with Crippen LogP contribution in [0.5, 0.6) is 0 Å². The lowest BCUT2D eigenvalue weighted by molar-refractivity contribution is 0.100. The summed E-state index contributed by atoms with van der Waals surface area (Å²) in [6.45, 7) is 2.94. The van der Waals surface area contributed by atoms with Crippen LogP contribution < -0.4 is 11.1 Å². The van der Waals surface area contributed by atoms with E-state index < -0.39 is 5.91 Å². The summed E-state index contributed by atoms with van der Waals surface area (Å²) in [4.78, 5) is 11.6. The molecule has 1 aliphatic heterocycles. The number of primary amides is 1. The maximum absolute atomic E-state index is 11.6. The molecule has 3 aromatic rings. The average Bonchev–Trinajstić information content (AvgIpc) is 3.49. The Bertz CT molecular complexity index is 1010. The number of carbonyl (C=O) groups excluding carboxylic acids is 1. The van der Waals surface area contributed by atoms with Gasteiger partial charge in [0.05, 0.1) is 12.1 Å². The van der Waals surface area contributed by atoms with Gasteiger partial charge in [-0.1, -0.05) is 36.4 Å². The van der Waals surface area contributed by atoms with Crippen LogP contribution in [0, 0.1) is 5.92 Å². The van der Waals surface area contributed by atoms with Crippen LogP contribution in [0.3, 0.4) is 0 Å². The quantitative estimate of drug-likeness (QED) is 0.720. The summed E-state index contributed by atoms with van der Waals surface area (Å²) in [6.07, 6.45) is 7.27. The van der Waals surface area contributed by atoms with Crippen molar-refractivity contribution in [3.63, 3.8) is 0 Å². The van der Waals surface area contributed by atoms with Crippen LogP contribution >= 0.6 is 0 Å². The molecule has 1 aliphatic carbocycles. The predicted molar refractivity (Wildman–Crippen MR) is 110 cm³/mol. The molecule has 1 amide bonds. The summed E-state index contributed by atoms with van der Waals surface area (Å²) in [5.41, 5.74) is 9.65. The fraction of sp³-hybridized carbons (Fsp3) is 0.391. The predicted octanol–water partition coefficient (Wildman–Crippen LogP) is 3.21. The van der Waals surface area contributed by atoms with E-state index >= 15 is 0 Å². The van der Waals surface area contributed by atoms with E-state index in [2.05, 4.69) is 34.7 Å². The van der Waals surface area contributed by atoms with Gasteiger partial charge >= 0.3 is 0 Å². The fourth-order valence-electron chi connectivity index (χ4n) is 4.90. The molecule has 1 saturated carbocycles. The summed E-state index contributed by atoms with van der Waals surface area (Å²) in [5, 5.41) is 9.17. The van der Waals surface area contributed by atoms with E-state index in [0.29, 0.717) is 23.0 Å². The largest absolute Gasteiger partial charge is 0.366 e. The molecule has 5 heteroatoms. The molecule has 1 atom stereocenters. The molecule has 0 radical (unpaired) electrons. The fourth-order valence-corrected chi connectivity index (χ4v) is 4.90. The number of fused-ring (bicyclic) bond motifs is 1. The normalized spacial score (nSPS) is 22.4. The molecule has 1 aromatic heterocycles. The second-order valence-electron chi connectivity index (χ2n) is 8.34. The lowest BCUT2D eigenvalue weighted by Crippen LogP contribution is -2.45. The van der Waals surface area contributed by atoms with Crippen molar-refractivity contribution in [2.45, 2.75) is 37.6 Å². The van der Waals surface area contributed by atoms with E-state index in [1.54, 1.807) is 6.07 Å². The lowest BCUT2D eigenvalue weighted by Gasteiger charge is -2.39. The first-order valence-electron chi connectivity index (χ1n) is 10.2. The molecule has 28 heavy (non-hydrogen) atoms. The lowest BCUT2D eigenvalue weighted by atomic mass is 9.71. The summed E-state index contributed by atoms with van der Waals surface area (Å²) in [7, 11) is 0. The van der Waals surface area contributed by atoms with Crippen molar-refractivity contribution in [2.75, 3.05) is 13.1 Å². The van der Waals surface area contributed by atoms with Crippen molar-refractivity contribution in [3.8, 4) is 0 Å². The van der Waals surface area contributed by atoms with Crippen molar-refractivity contribution in [1.29, 1.82) is 0 Å². The molecule has 1 saturated heterocycles. The Morgan fingerprint density at radius 1 is 1.21 bits per heavy atom. The molecule has 0 spiro atoms. The van der Waals surface area contributed by atoms with E-state index in [1.807, 2.05) is 23.0 Å². The smallest absolute Gasteiger partial charge is 0.250 e. The minimum atomic E-state index is -0.438. The maximum atomic E-state index is 11.6. The van der Waals surface area contributed by atoms with Gasteiger partial charge in [0.15, 0.2) is 0 Å². The van der Waals surface area contributed by atoms with Gasteiger partial charge in [0.25, 0.3) is 5.91 Å². The van der Waals surface area contributed by atoms with E-state index in [1.165, 1.54) is 36.8 Å². The highest BCUT2D eigenvalue weighted by molar-refractivity contribution is 6.04. The Balaban J connectivity index is 1.40. The summed E-state index contributed by atoms with van der Waals surface area (Å²) in [6, 6.07) is 14.6. The number of nitrogens with zero attached hydrogens (tertiary/aromatic N) is 2. The number of carbonyl (C=O) groups is 1. The van der Waals surface area contributed by atoms with Crippen LogP contribution in [0.2, 0.25) is 0 Å². The Labute approximate surface area is 164 Å². The Hall–Kier alpha value is -2.66. The van der Waals surface area contributed by atoms with Gasteiger partial charge in [-0.3, -0.25) is 9.48 Å². The highest BCUT2D eigenvalue weighted by Crippen LogP contribution is 2.50. The molecule has 0 unspecified atom stereocenters. The monoisotopic (exact) mass is 374 g/mol. The number of aromatic nitrogens is 2. The molecule has 0 bridgehead atoms. The minimum Gasteiger partial charge on any atom is -0.366 e. The minimum absolute atomic E-state index is 0.327. The van der Waals surface area contributed by atoms with Gasteiger partial charge < -0.3 is 11.1 Å². The number of hydrogen-bond donors (Lipinski definition) is 2. The van der Waals surface area contributed by atoms with E-state index in [4.69, 9.17) is 5.73 Å². The molecule has 144 valence electrons. The average molecular weight is 374 g/mol. The number of benzene rings is 2. The molecule has 5 nitrogen and oxygen atoms in total. The van der Waals surface area contributed by atoms with E-state index in [0.717, 1.165) is 24.4 Å². The van der Waals surface area contributed by atoms with Gasteiger partial charge in [-0.25, -0.2) is 0 Å². The molecule has 5 rings (SSSR count). The number of piperidine rings is 1. The molecular formula is C23H26N4O. The van der Waals surface area contributed by atoms with Crippen molar-refractivity contribution in [1.82, 2.24) is 15.1 Å². The molecular weight excluding hydrogens is 348 g/mol. The molecule has 2 aliphatic rings. The molecule has 2 aromatic carbocycles. The topological polar surface area (TPSA) is 72.9 Å². The highest BCUT2D eigenvalue weighted by atomic mass is 16.1. The third kappa shape index (κ3) is 3.00. The third-order valence-electron chi connectivity index (χ3n) is 6.50. The number of hydrogen-bond acceptors (Lipinski definition) is 3. The Morgan fingerprint density at radius 2 is 2.04 bits per heavy atom. The van der Waals surface area contributed by atoms with Gasteiger partial charge in [-0.15, -0.1) is 0 Å². The standard InChI is InChI=1S/C23H26N4O/c24-22(28)20-4-1-3-17-14-27(26-21(17)20)13-16-5-7-18(8-6-16)23(19-9-10-19)11-2-12-25-15-23/h1,3-8,14,19,25H,2,9-13,15H2,(H2,24,28)/t23-/m1/s1. The van der Waals surface area contributed by atoms with Crippen molar-refractivity contribution in [3.05, 3.63) is 65.4 Å². The summed E-state index contributed by atoms with van der Waals surface area (Å²) >= 11 is 0. The first-order chi connectivity index (χ1) is 13.7. The number of nitrogens with one attached hydrogen (secondary N) is 1. The van der Waals surface area contributed by atoms with Crippen molar-refractivity contribution in [2.24, 2.45) is 11.7 Å². The number of rotatable bonds is 5. The first kappa shape index (κ1) is 17.4. The van der Waals surface area contributed by atoms with E-state index in [-0.39, 0.29) is 0 Å². The molecule has 3 N–H and O–H groups in total. The maximum Gasteiger partial charge on any atom is 0.250 e. The van der Waals surface area contributed by atoms with Gasteiger partial charge in [0.1, 0.15) is 5.52 Å². The van der Waals surface area contributed by atoms with Crippen molar-refractivity contribution >= 4 is 16.8 Å². The van der Waals surface area contributed by atoms with Gasteiger partial charge in [0.2, 0.25) is 0 Å². The zero-order valence-corrected chi connectivity index (χ0v) is 16.0. The van der Waals surface area contributed by atoms with E-state index in [9.17, 15) is 4.79 Å². The van der Waals surface area contributed by atoms with Crippen LogP contribution in [0.1, 0.15) is 47.2 Å². The second-order valence-corrected chi connectivity index (χ2v) is 8.34. The van der Waals surface area contributed by atoms with Gasteiger partial charge in [0, 0.05) is 23.5 Å². The zero-order valence-electron chi connectivity index (χ0n) is 16.0. The molecule has 2 fully saturated rings. The van der Waals surface area contributed by atoms with Crippen LogP contribution in [-0.4, -0.2) is 28.8 Å². The zero-order chi connectivity index (χ0) is 19.1. The number of amides is 1. The van der Waals surface area contributed by atoms with Crippen molar-refractivity contribution < 1.29 is 4.79 Å². The van der Waals surface area contributed by atoms with Crippen LogP contribution in [0.15, 0.2) is 48.7 Å². The SMILES string of the molecule is NC(=O)c1cccc2cn(Cc3ccc([C@@]4(C5CC5)CCCNC4)cc3)nc12. The van der Waals surface area contributed by atoms with Gasteiger partial charge in [-0.05, 0) is 55.3 Å². The first-order valence-corrected chi connectivity index (χ1v) is 10.2. The number of nitrogens with two attached hydrogens (primary N) is 1. The Kier molecular flexibility index (Phi) is 4.20. The summed E-state index contributed by atoms with van der Waals surface area (Å²) in [5.74, 6) is 0.404. The summed E-state index contributed by atoms with van der Waals surface area (Å²) < 4.78 is 1.89. The van der Waals surface area contributed by atoms with Gasteiger partial charge in [-0.2, -0.15) is 5.10 Å². The van der Waals surface area contributed by atoms with Crippen LogP contribution in [0.4, 0.5) is 0 Å². The second kappa shape index (κ2) is 6.74. The third-order valence-corrected chi connectivity index (χ3v) is 6.50. The Morgan fingerprint density at radius 3 is 2.71 bits per heavy atom.